The Morgan fingerprint density at radius 1 is 0.328 bits per heavy atom. The first-order valence-electron chi connectivity index (χ1n) is 22.0. The lowest BCUT2D eigenvalue weighted by Gasteiger charge is -2.34. The van der Waals surface area contributed by atoms with Crippen molar-refractivity contribution in [3.8, 4) is 22.5 Å². The van der Waals surface area contributed by atoms with Crippen LogP contribution >= 0.6 is 0 Å². The van der Waals surface area contributed by atoms with E-state index in [0.717, 1.165) is 44.4 Å². The van der Waals surface area contributed by atoms with Gasteiger partial charge in [-0.05, 0) is 80.9 Å². The lowest BCUT2D eigenvalue weighted by molar-refractivity contribution is 0.669. The first-order valence-corrected chi connectivity index (χ1v) is 24.0. The summed E-state index contributed by atoms with van der Waals surface area (Å²) in [5.74, 6) is 0. The van der Waals surface area contributed by atoms with Gasteiger partial charge in [-0.15, -0.1) is 0 Å². The predicted molar refractivity (Wildman–Crippen MR) is 271 cm³/mol. The molecule has 64 heavy (non-hydrogen) atoms. The van der Waals surface area contributed by atoms with Gasteiger partial charge in [0.25, 0.3) is 0 Å². The predicted octanol–water partition coefficient (Wildman–Crippen LogP) is 12.8. The van der Waals surface area contributed by atoms with Crippen molar-refractivity contribution in [2.45, 2.75) is 0 Å². The van der Waals surface area contributed by atoms with Gasteiger partial charge in [0.15, 0.2) is 8.07 Å². The number of nitrogens with zero attached hydrogens (tertiary/aromatic N) is 2. The minimum absolute atomic E-state index is 0.899. The van der Waals surface area contributed by atoms with Crippen molar-refractivity contribution < 1.29 is 4.42 Å². The van der Waals surface area contributed by atoms with E-state index in [0.29, 0.717) is 0 Å². The summed E-state index contributed by atoms with van der Waals surface area (Å²) in [7, 11) is -2.78. The Labute approximate surface area is 371 Å². The zero-order valence-electron chi connectivity index (χ0n) is 34.9. The number of aromatic nitrogens is 2. The Morgan fingerprint density at radius 2 is 0.859 bits per heavy atom. The summed E-state index contributed by atoms with van der Waals surface area (Å²) in [6, 6.07) is 89.3. The SMILES string of the molecule is c1ccc([Si](c2ccccc2)(c2ccccc2)c2cccc(-n3c4ccccc4c4c(-n5c6ccccc6c6cccc(-c7ccc8oc9ccccc9c8c7)c65)cccc43)c2)cc1. The molecule has 0 aliphatic carbocycles. The maximum absolute atomic E-state index is 6.29. The Morgan fingerprint density at radius 3 is 1.58 bits per heavy atom. The molecule has 0 fully saturated rings. The van der Waals surface area contributed by atoms with E-state index in [1.807, 2.05) is 6.07 Å². The van der Waals surface area contributed by atoms with E-state index in [4.69, 9.17) is 4.42 Å². The second-order valence-corrected chi connectivity index (χ2v) is 20.6. The van der Waals surface area contributed by atoms with E-state index < -0.39 is 8.07 Å². The lowest BCUT2D eigenvalue weighted by Crippen LogP contribution is -2.74. The minimum Gasteiger partial charge on any atom is -0.456 e. The number of rotatable bonds is 7. The Hall–Kier alpha value is -8.18. The smallest absolute Gasteiger partial charge is 0.179 e. The average Bonchev–Trinajstić information content (AvgIpc) is 4.03. The number of hydrogen-bond acceptors (Lipinski definition) is 1. The lowest BCUT2D eigenvalue weighted by atomic mass is 10.00. The van der Waals surface area contributed by atoms with Crippen molar-refractivity contribution in [3.05, 3.63) is 243 Å². The van der Waals surface area contributed by atoms with Crippen LogP contribution in [0.3, 0.4) is 0 Å². The van der Waals surface area contributed by atoms with Gasteiger partial charge in [-0.25, -0.2) is 0 Å². The highest BCUT2D eigenvalue weighted by Gasteiger charge is 2.41. The number of para-hydroxylation sites is 4. The highest BCUT2D eigenvalue weighted by atomic mass is 28.3. The summed E-state index contributed by atoms with van der Waals surface area (Å²) >= 11 is 0. The zero-order chi connectivity index (χ0) is 42.2. The summed E-state index contributed by atoms with van der Waals surface area (Å²) in [4.78, 5) is 0. The third-order valence-electron chi connectivity index (χ3n) is 13.5. The van der Waals surface area contributed by atoms with Gasteiger partial charge in [0.1, 0.15) is 11.2 Å². The van der Waals surface area contributed by atoms with Gasteiger partial charge in [-0.3, -0.25) is 0 Å². The zero-order valence-corrected chi connectivity index (χ0v) is 35.9. The Balaban J connectivity index is 1.08. The summed E-state index contributed by atoms with van der Waals surface area (Å²) in [6.45, 7) is 0. The van der Waals surface area contributed by atoms with Crippen LogP contribution in [-0.2, 0) is 0 Å². The fourth-order valence-corrected chi connectivity index (χ4v) is 15.6. The van der Waals surface area contributed by atoms with Crippen molar-refractivity contribution in [1.29, 1.82) is 0 Å². The largest absolute Gasteiger partial charge is 0.456 e. The number of benzene rings is 10. The van der Waals surface area contributed by atoms with Gasteiger partial charge < -0.3 is 13.6 Å². The molecular weight excluding hydrogens is 793 g/mol. The second-order valence-electron chi connectivity index (χ2n) is 16.8. The standard InChI is InChI=1S/C60H40N2OSi/c1-4-20-43(21-5-1)64(44-22-6-2-7-23-44,45-24-8-3-9-25-45)46-26-16-19-42(40-46)61-54-33-14-11-29-51(54)59-55(61)34-18-35-56(59)62-53-32-13-10-27-48(53)50-31-17-30-47(60(50)62)41-37-38-58-52(39-41)49-28-12-15-36-57(49)63-58/h1-40H. The molecule has 0 aliphatic heterocycles. The molecule has 0 amide bonds. The average molecular weight is 833 g/mol. The molecule has 13 rings (SSSR count). The monoisotopic (exact) mass is 832 g/mol. The summed E-state index contributed by atoms with van der Waals surface area (Å²) in [6.07, 6.45) is 0. The first kappa shape index (κ1) is 36.5. The first-order chi connectivity index (χ1) is 31.8. The van der Waals surface area contributed by atoms with Crippen molar-refractivity contribution in [2.75, 3.05) is 0 Å². The fraction of sp³-hybridized carbons (Fsp3) is 0. The van der Waals surface area contributed by atoms with Gasteiger partial charge in [0.2, 0.25) is 0 Å². The molecule has 0 bridgehead atoms. The van der Waals surface area contributed by atoms with Crippen LogP contribution in [0, 0.1) is 0 Å². The number of furan rings is 1. The molecule has 0 N–H and O–H groups in total. The molecule has 3 aromatic heterocycles. The van der Waals surface area contributed by atoms with Crippen molar-refractivity contribution in [3.63, 3.8) is 0 Å². The van der Waals surface area contributed by atoms with Crippen LogP contribution in [-0.4, -0.2) is 17.2 Å². The van der Waals surface area contributed by atoms with Gasteiger partial charge in [0.05, 0.1) is 27.8 Å². The van der Waals surface area contributed by atoms with E-state index in [1.165, 1.54) is 64.4 Å². The third-order valence-corrected chi connectivity index (χ3v) is 18.2. The van der Waals surface area contributed by atoms with Crippen LogP contribution in [0.15, 0.2) is 247 Å². The number of hydrogen-bond donors (Lipinski definition) is 0. The second kappa shape index (κ2) is 14.5. The summed E-state index contributed by atoms with van der Waals surface area (Å²) in [5.41, 5.74) is 11.1. The third kappa shape index (κ3) is 5.33. The van der Waals surface area contributed by atoms with E-state index >= 15 is 0 Å². The van der Waals surface area contributed by atoms with Crippen LogP contribution in [0.25, 0.3) is 88.1 Å². The van der Waals surface area contributed by atoms with Crippen molar-refractivity contribution in [2.24, 2.45) is 0 Å². The molecule has 0 unspecified atom stereocenters. The van der Waals surface area contributed by atoms with Gasteiger partial charge in [0, 0.05) is 43.6 Å². The minimum atomic E-state index is -2.78. The van der Waals surface area contributed by atoms with E-state index in [9.17, 15) is 0 Å². The highest BCUT2D eigenvalue weighted by Crippen LogP contribution is 2.43. The molecule has 3 heterocycles. The molecule has 0 atom stereocenters. The number of fused-ring (bicyclic) bond motifs is 9. The molecule has 0 saturated heterocycles. The van der Waals surface area contributed by atoms with E-state index in [1.54, 1.807) is 0 Å². The molecule has 13 aromatic rings. The molecular formula is C60H40N2OSi. The van der Waals surface area contributed by atoms with Crippen LogP contribution in [0.1, 0.15) is 0 Å². The molecule has 300 valence electrons. The van der Waals surface area contributed by atoms with E-state index in [2.05, 4.69) is 246 Å². The maximum atomic E-state index is 6.29. The van der Waals surface area contributed by atoms with Crippen LogP contribution in [0.4, 0.5) is 0 Å². The van der Waals surface area contributed by atoms with Crippen LogP contribution < -0.4 is 20.7 Å². The van der Waals surface area contributed by atoms with Crippen molar-refractivity contribution in [1.82, 2.24) is 9.13 Å². The molecule has 10 aromatic carbocycles. The van der Waals surface area contributed by atoms with Crippen LogP contribution in [0.2, 0.25) is 0 Å². The maximum Gasteiger partial charge on any atom is 0.179 e. The molecule has 0 saturated carbocycles. The summed E-state index contributed by atoms with van der Waals surface area (Å²) in [5, 5.41) is 12.5. The quantitative estimate of drug-likeness (QED) is 0.116. The molecule has 4 heteroatoms. The molecule has 0 aliphatic rings. The Bertz CT molecular complexity index is 3800. The van der Waals surface area contributed by atoms with Crippen LogP contribution in [0.5, 0.6) is 0 Å². The molecule has 0 spiro atoms. The highest BCUT2D eigenvalue weighted by molar-refractivity contribution is 7.19. The van der Waals surface area contributed by atoms with Gasteiger partial charge in [-0.1, -0.05) is 188 Å². The molecule has 3 nitrogen and oxygen atoms in total. The normalized spacial score (nSPS) is 12.1. The topological polar surface area (TPSA) is 23.0 Å². The fourth-order valence-electron chi connectivity index (χ4n) is 10.8. The Kier molecular flexibility index (Phi) is 8.23. The van der Waals surface area contributed by atoms with Crippen molar-refractivity contribution >= 4 is 94.4 Å². The van der Waals surface area contributed by atoms with Gasteiger partial charge >= 0.3 is 0 Å². The molecule has 0 radical (unpaired) electrons. The summed E-state index contributed by atoms with van der Waals surface area (Å²) < 4.78 is 11.3. The van der Waals surface area contributed by atoms with Gasteiger partial charge in [-0.2, -0.15) is 0 Å². The van der Waals surface area contributed by atoms with E-state index in [-0.39, 0.29) is 0 Å².